The predicted molar refractivity (Wildman–Crippen MR) is 108 cm³/mol. The van der Waals surface area contributed by atoms with E-state index in [-0.39, 0.29) is 12.5 Å². The molecule has 3 heteroatoms. The molecule has 0 aliphatic rings. The molecule has 0 fully saturated rings. The minimum Gasteiger partial charge on any atom is -0.395 e. The van der Waals surface area contributed by atoms with Crippen LogP contribution in [-0.4, -0.2) is 24.2 Å². The summed E-state index contributed by atoms with van der Waals surface area (Å²) in [7, 11) is 0. The van der Waals surface area contributed by atoms with Gasteiger partial charge < -0.3 is 10.4 Å². The van der Waals surface area contributed by atoms with Crippen LogP contribution in [0.1, 0.15) is 58.3 Å². The molecular formula is C22H35NO2. The van der Waals surface area contributed by atoms with Crippen LogP contribution in [0.3, 0.4) is 0 Å². The van der Waals surface area contributed by atoms with E-state index in [0.717, 1.165) is 44.9 Å². The molecule has 0 bridgehead atoms. The van der Waals surface area contributed by atoms with Crippen LogP contribution >= 0.6 is 0 Å². The average Bonchev–Trinajstić information content (AvgIpc) is 2.62. The Morgan fingerprint density at radius 1 is 0.760 bits per heavy atom. The molecule has 25 heavy (non-hydrogen) atoms. The quantitative estimate of drug-likeness (QED) is 0.323. The number of rotatable bonds is 15. The summed E-state index contributed by atoms with van der Waals surface area (Å²) in [6.45, 7) is 2.38. The normalized spacial score (nSPS) is 12.6. The fourth-order valence-corrected chi connectivity index (χ4v) is 2.05. The van der Waals surface area contributed by atoms with Crippen LogP contribution in [0.15, 0.2) is 60.8 Å². The van der Waals surface area contributed by atoms with Gasteiger partial charge in [0.15, 0.2) is 0 Å². The van der Waals surface area contributed by atoms with Gasteiger partial charge in [0.2, 0.25) is 5.91 Å². The van der Waals surface area contributed by atoms with Crippen molar-refractivity contribution in [3.8, 4) is 0 Å². The first-order valence-electron chi connectivity index (χ1n) is 9.40. The van der Waals surface area contributed by atoms with Gasteiger partial charge in [-0.25, -0.2) is 0 Å². The number of hydrogen-bond acceptors (Lipinski definition) is 2. The maximum absolute atomic E-state index is 11.3. The lowest BCUT2D eigenvalue weighted by molar-refractivity contribution is -0.121. The summed E-state index contributed by atoms with van der Waals surface area (Å²) in [6, 6.07) is 0. The van der Waals surface area contributed by atoms with Gasteiger partial charge in [-0.15, -0.1) is 0 Å². The Morgan fingerprint density at radius 3 is 1.80 bits per heavy atom. The van der Waals surface area contributed by atoms with Crippen molar-refractivity contribution in [2.24, 2.45) is 0 Å². The van der Waals surface area contributed by atoms with E-state index in [1.54, 1.807) is 0 Å². The van der Waals surface area contributed by atoms with Crippen molar-refractivity contribution in [3.63, 3.8) is 0 Å². The standard InChI is InChI=1S/C22H35NO2/c1-2-3-4-5-6-7-8-9-10-11-12-13-14-15-16-17-18-19-22(25)23-20-21-24/h2-3,5-6,8-9,12-13,16-17,24H,4,7,10-11,14-15,18-21H2,1H3,(H,23,25)/b3-2+,6-5+,9-8+,13-12+,17-16+. The summed E-state index contributed by atoms with van der Waals surface area (Å²) in [5.41, 5.74) is 0. The molecule has 0 radical (unpaired) electrons. The van der Waals surface area contributed by atoms with Crippen molar-refractivity contribution in [3.05, 3.63) is 60.8 Å². The number of allylic oxidation sites excluding steroid dienone is 10. The largest absolute Gasteiger partial charge is 0.395 e. The van der Waals surface area contributed by atoms with Gasteiger partial charge in [0.1, 0.15) is 0 Å². The number of unbranched alkanes of at least 4 members (excludes halogenated alkanes) is 2. The second kappa shape index (κ2) is 20.2. The van der Waals surface area contributed by atoms with E-state index in [1.807, 2.05) is 6.92 Å². The van der Waals surface area contributed by atoms with Crippen molar-refractivity contribution >= 4 is 5.91 Å². The van der Waals surface area contributed by atoms with Crippen molar-refractivity contribution in [1.29, 1.82) is 0 Å². The summed E-state index contributed by atoms with van der Waals surface area (Å²) < 4.78 is 0. The van der Waals surface area contributed by atoms with E-state index in [9.17, 15) is 4.79 Å². The highest BCUT2D eigenvalue weighted by molar-refractivity contribution is 5.75. The first-order valence-corrected chi connectivity index (χ1v) is 9.40. The number of nitrogens with one attached hydrogen (secondary N) is 1. The lowest BCUT2D eigenvalue weighted by Gasteiger charge is -1.99. The molecule has 1 amide bonds. The second-order valence-electron chi connectivity index (χ2n) is 5.69. The Hall–Kier alpha value is -1.87. The minimum absolute atomic E-state index is 0.0000573. The zero-order valence-corrected chi connectivity index (χ0v) is 15.7. The van der Waals surface area contributed by atoms with E-state index in [0.29, 0.717) is 13.0 Å². The molecule has 0 saturated heterocycles. The molecule has 0 spiro atoms. The molecule has 0 aromatic rings. The van der Waals surface area contributed by atoms with Gasteiger partial charge in [0.25, 0.3) is 0 Å². The van der Waals surface area contributed by atoms with Gasteiger partial charge >= 0.3 is 0 Å². The molecule has 0 aliphatic carbocycles. The lowest BCUT2D eigenvalue weighted by atomic mass is 10.2. The van der Waals surface area contributed by atoms with Gasteiger partial charge in [0.05, 0.1) is 6.61 Å². The predicted octanol–water partition coefficient (Wildman–Crippen LogP) is 5.02. The Morgan fingerprint density at radius 2 is 1.24 bits per heavy atom. The number of carbonyl (C=O) groups is 1. The number of hydrogen-bond donors (Lipinski definition) is 2. The van der Waals surface area contributed by atoms with Gasteiger partial charge in [-0.1, -0.05) is 60.8 Å². The summed E-state index contributed by atoms with van der Waals surface area (Å²) >= 11 is 0. The van der Waals surface area contributed by atoms with Gasteiger partial charge in [0, 0.05) is 13.0 Å². The van der Waals surface area contributed by atoms with E-state index in [1.165, 1.54) is 0 Å². The number of aliphatic hydroxyl groups is 1. The molecule has 0 aromatic heterocycles. The van der Waals surface area contributed by atoms with Crippen LogP contribution in [0.5, 0.6) is 0 Å². The van der Waals surface area contributed by atoms with Crippen LogP contribution in [0.4, 0.5) is 0 Å². The van der Waals surface area contributed by atoms with Crippen LogP contribution in [0, 0.1) is 0 Å². The van der Waals surface area contributed by atoms with Gasteiger partial charge in [-0.2, -0.15) is 0 Å². The van der Waals surface area contributed by atoms with E-state index >= 15 is 0 Å². The van der Waals surface area contributed by atoms with Crippen LogP contribution in [0.2, 0.25) is 0 Å². The zero-order valence-electron chi connectivity index (χ0n) is 15.7. The Labute approximate surface area is 153 Å². The first-order chi connectivity index (χ1) is 12.3. The molecular weight excluding hydrogens is 310 g/mol. The molecule has 0 aliphatic heterocycles. The van der Waals surface area contributed by atoms with Crippen molar-refractivity contribution in [2.45, 2.75) is 58.3 Å². The highest BCUT2D eigenvalue weighted by Crippen LogP contribution is 2.00. The minimum atomic E-state index is -0.00236. The first kappa shape index (κ1) is 23.1. The highest BCUT2D eigenvalue weighted by atomic mass is 16.3. The average molecular weight is 346 g/mol. The highest BCUT2D eigenvalue weighted by Gasteiger charge is 1.96. The Kier molecular flexibility index (Phi) is 18.7. The van der Waals surface area contributed by atoms with Crippen molar-refractivity contribution in [2.75, 3.05) is 13.2 Å². The van der Waals surface area contributed by atoms with Crippen molar-refractivity contribution < 1.29 is 9.90 Å². The third-order valence-electron chi connectivity index (χ3n) is 3.42. The van der Waals surface area contributed by atoms with Crippen LogP contribution in [0.25, 0.3) is 0 Å². The molecule has 3 nitrogen and oxygen atoms in total. The van der Waals surface area contributed by atoms with E-state index in [2.05, 4.69) is 66.1 Å². The monoisotopic (exact) mass is 345 g/mol. The number of amides is 1. The molecule has 0 atom stereocenters. The molecule has 2 N–H and O–H groups in total. The lowest BCUT2D eigenvalue weighted by Crippen LogP contribution is -2.25. The smallest absolute Gasteiger partial charge is 0.220 e. The Bertz CT molecular complexity index is 445. The fourth-order valence-electron chi connectivity index (χ4n) is 2.05. The van der Waals surface area contributed by atoms with E-state index < -0.39 is 0 Å². The topological polar surface area (TPSA) is 49.3 Å². The number of carbonyl (C=O) groups excluding carboxylic acids is 1. The van der Waals surface area contributed by atoms with Gasteiger partial charge in [-0.3, -0.25) is 4.79 Å². The van der Waals surface area contributed by atoms with Crippen LogP contribution < -0.4 is 5.32 Å². The fraction of sp³-hybridized carbons (Fsp3) is 0.500. The Balaban J connectivity index is 3.44. The van der Waals surface area contributed by atoms with E-state index in [4.69, 9.17) is 5.11 Å². The van der Waals surface area contributed by atoms with Crippen molar-refractivity contribution in [1.82, 2.24) is 5.32 Å². The third kappa shape index (κ3) is 20.1. The molecule has 0 heterocycles. The summed E-state index contributed by atoms with van der Waals surface area (Å²) in [5, 5.41) is 11.2. The maximum Gasteiger partial charge on any atom is 0.220 e. The molecule has 0 saturated carbocycles. The summed E-state index contributed by atoms with van der Waals surface area (Å²) in [6.07, 6.45) is 29.3. The summed E-state index contributed by atoms with van der Waals surface area (Å²) in [5.74, 6) is -0.0000573. The van der Waals surface area contributed by atoms with Gasteiger partial charge in [-0.05, 0) is 51.9 Å². The van der Waals surface area contributed by atoms with Crippen LogP contribution in [-0.2, 0) is 4.79 Å². The zero-order chi connectivity index (χ0) is 18.4. The maximum atomic E-state index is 11.3. The molecule has 0 aromatic carbocycles. The molecule has 0 unspecified atom stereocenters. The number of aliphatic hydroxyl groups excluding tert-OH is 1. The third-order valence-corrected chi connectivity index (χ3v) is 3.42. The molecule has 0 rings (SSSR count). The SMILES string of the molecule is C/C=C/C/C=C/C/C=C/CC/C=C/CC/C=C/CCC(=O)NCCO. The second-order valence-corrected chi connectivity index (χ2v) is 5.69. The summed E-state index contributed by atoms with van der Waals surface area (Å²) in [4.78, 5) is 11.3. The molecule has 140 valence electrons.